The maximum Gasteiger partial charge on any atom is 0.0776 e. The first-order valence-electron chi connectivity index (χ1n) is 12.9. The molecule has 3 rings (SSSR count). The van der Waals surface area contributed by atoms with Gasteiger partial charge in [-0.05, 0) is 64.7 Å². The van der Waals surface area contributed by atoms with E-state index in [4.69, 9.17) is 0 Å². The van der Waals surface area contributed by atoms with Crippen molar-refractivity contribution in [2.24, 2.45) is 0 Å². The van der Waals surface area contributed by atoms with Crippen LogP contribution in [0.1, 0.15) is 58.2 Å². The molecule has 0 atom stereocenters. The van der Waals surface area contributed by atoms with E-state index in [1.54, 1.807) is 16.1 Å². The maximum absolute atomic E-state index is 2.65. The Labute approximate surface area is 219 Å². The predicted molar refractivity (Wildman–Crippen MR) is 168 cm³/mol. The van der Waals surface area contributed by atoms with E-state index in [1.807, 2.05) is 0 Å². The lowest BCUT2D eigenvalue weighted by Crippen LogP contribution is -2.41. The third kappa shape index (κ3) is 6.74. The highest BCUT2D eigenvalue weighted by Crippen LogP contribution is 2.59. The van der Waals surface area contributed by atoms with Crippen molar-refractivity contribution in [1.82, 2.24) is 0 Å². The molecule has 0 saturated carbocycles. The summed E-state index contributed by atoms with van der Waals surface area (Å²) in [6, 6.07) is 25.8. The number of benzene rings is 3. The van der Waals surface area contributed by atoms with Gasteiger partial charge in [-0.1, -0.05) is 141 Å². The Balaban J connectivity index is 2.27. The van der Waals surface area contributed by atoms with Crippen LogP contribution < -0.4 is 21.1 Å². The van der Waals surface area contributed by atoms with E-state index in [0.717, 1.165) is 6.16 Å². The van der Waals surface area contributed by atoms with Crippen molar-refractivity contribution in [3.63, 3.8) is 0 Å². The molecule has 0 unspecified atom stereocenters. The van der Waals surface area contributed by atoms with Crippen LogP contribution in [0.15, 0.2) is 66.7 Å². The molecule has 0 amide bonds. The van der Waals surface area contributed by atoms with Crippen LogP contribution >= 0.6 is 15.8 Å². The maximum atomic E-state index is 2.65. The van der Waals surface area contributed by atoms with Crippen LogP contribution in [-0.4, -0.2) is 18.4 Å². The van der Waals surface area contributed by atoms with Gasteiger partial charge in [0.2, 0.25) is 0 Å². The fourth-order valence-corrected chi connectivity index (χ4v) is 13.6. The van der Waals surface area contributed by atoms with E-state index >= 15 is 0 Å². The highest BCUT2D eigenvalue weighted by Gasteiger charge is 2.38. The lowest BCUT2D eigenvalue weighted by Gasteiger charge is -2.43. The first kappa shape index (κ1) is 28.3. The van der Waals surface area contributed by atoms with Crippen LogP contribution in [0.3, 0.4) is 0 Å². The summed E-state index contributed by atoms with van der Waals surface area (Å²) >= 11 is 0. The van der Waals surface area contributed by atoms with Gasteiger partial charge in [0.05, 0.1) is 8.07 Å². The highest BCUT2D eigenvalue weighted by atomic mass is 31.1. The van der Waals surface area contributed by atoms with E-state index in [-0.39, 0.29) is 18.2 Å². The van der Waals surface area contributed by atoms with Gasteiger partial charge in [0.1, 0.15) is 0 Å². The molecule has 0 aromatic heterocycles. The molecule has 0 bridgehead atoms. The van der Waals surface area contributed by atoms with E-state index in [9.17, 15) is 0 Å². The number of hydrogen-bond donors (Lipinski definition) is 0. The third-order valence-corrected chi connectivity index (χ3v) is 15.1. The van der Waals surface area contributed by atoms with Gasteiger partial charge < -0.3 is 0 Å². The zero-order valence-electron chi connectivity index (χ0n) is 24.0. The molecule has 0 radical (unpaired) electrons. The van der Waals surface area contributed by atoms with Crippen molar-refractivity contribution < 1.29 is 0 Å². The summed E-state index contributed by atoms with van der Waals surface area (Å²) in [4.78, 5) is 0. The zero-order valence-corrected chi connectivity index (χ0v) is 26.7. The van der Waals surface area contributed by atoms with Gasteiger partial charge in [-0.3, -0.25) is 0 Å². The summed E-state index contributed by atoms with van der Waals surface area (Å²) in [7, 11) is -2.29. The van der Waals surface area contributed by atoms with E-state index < -0.39 is 16.0 Å². The molecule has 0 aliphatic carbocycles. The minimum atomic E-state index is -1.42. The SMILES string of the molecule is Cc1ccccc1P(Cc1ccc([Si](C)(C)C)cc1P(C(C)(C)C)C(C)(C)C)c1ccccc1C. The largest absolute Gasteiger partial charge is 0.0776 e. The second-order valence-corrected chi connectivity index (χ2v) is 24.0. The van der Waals surface area contributed by atoms with Crippen molar-refractivity contribution in [3.8, 4) is 0 Å². The second kappa shape index (κ2) is 10.6. The average Bonchev–Trinajstić information content (AvgIpc) is 2.71. The summed E-state index contributed by atoms with van der Waals surface area (Å²) < 4.78 is 0. The fourth-order valence-electron chi connectivity index (χ4n) is 5.30. The van der Waals surface area contributed by atoms with E-state index in [1.165, 1.54) is 21.7 Å². The van der Waals surface area contributed by atoms with Gasteiger partial charge >= 0.3 is 0 Å². The second-order valence-electron chi connectivity index (χ2n) is 12.9. The standard InChI is InChI=1S/C32H46P2Si/c1-24-16-12-14-18-28(24)33(29-19-15-13-17-25(29)2)23-26-20-21-27(35(9,10)11)22-30(26)34(31(3,4)5)32(6,7)8/h12-22H,23H2,1-11H3. The molecule has 0 nitrogen and oxygen atoms in total. The molecule has 0 aliphatic rings. The lowest BCUT2D eigenvalue weighted by molar-refractivity contribution is 0.714. The lowest BCUT2D eigenvalue weighted by atomic mass is 10.2. The van der Waals surface area contributed by atoms with Crippen molar-refractivity contribution >= 4 is 45.0 Å². The van der Waals surface area contributed by atoms with Gasteiger partial charge in [0.15, 0.2) is 0 Å². The van der Waals surface area contributed by atoms with Gasteiger partial charge in [-0.2, -0.15) is 0 Å². The van der Waals surface area contributed by atoms with Crippen molar-refractivity contribution in [3.05, 3.63) is 83.4 Å². The Morgan fingerprint density at radius 3 is 1.49 bits per heavy atom. The number of aryl methyl sites for hydroxylation is 2. The van der Waals surface area contributed by atoms with Gasteiger partial charge in [-0.25, -0.2) is 0 Å². The minimum Gasteiger partial charge on any atom is -0.0656 e. The minimum absolute atomic E-state index is 0.245. The Kier molecular flexibility index (Phi) is 8.59. The van der Waals surface area contributed by atoms with E-state index in [2.05, 4.69) is 142 Å². The number of hydrogen-bond acceptors (Lipinski definition) is 0. The Bertz CT molecular complexity index is 1100. The zero-order chi connectivity index (χ0) is 26.2. The van der Waals surface area contributed by atoms with E-state index in [0.29, 0.717) is 0 Å². The van der Waals surface area contributed by atoms with Crippen LogP contribution in [0, 0.1) is 13.8 Å². The van der Waals surface area contributed by atoms with Crippen LogP contribution in [0.5, 0.6) is 0 Å². The fraction of sp³-hybridized carbons (Fsp3) is 0.438. The quantitative estimate of drug-likeness (QED) is 0.227. The van der Waals surface area contributed by atoms with Crippen molar-refractivity contribution in [2.75, 3.05) is 0 Å². The normalized spacial score (nSPS) is 13.1. The van der Waals surface area contributed by atoms with Crippen LogP contribution in [-0.2, 0) is 6.16 Å². The monoisotopic (exact) mass is 520 g/mol. The third-order valence-electron chi connectivity index (χ3n) is 6.67. The van der Waals surface area contributed by atoms with Crippen LogP contribution in [0.25, 0.3) is 0 Å². The molecule has 3 aromatic carbocycles. The molecule has 0 N–H and O–H groups in total. The Morgan fingerprint density at radius 1 is 0.629 bits per heavy atom. The molecule has 3 aromatic rings. The molecule has 35 heavy (non-hydrogen) atoms. The van der Waals surface area contributed by atoms with Crippen LogP contribution in [0.2, 0.25) is 19.6 Å². The summed E-state index contributed by atoms with van der Waals surface area (Å²) in [5.41, 5.74) is 4.40. The van der Waals surface area contributed by atoms with Crippen molar-refractivity contribution in [2.45, 2.75) is 91.5 Å². The molecule has 0 saturated heterocycles. The van der Waals surface area contributed by atoms with Gasteiger partial charge in [0.25, 0.3) is 0 Å². The van der Waals surface area contributed by atoms with Gasteiger partial charge in [-0.15, -0.1) is 0 Å². The predicted octanol–water partition coefficient (Wildman–Crippen LogP) is 8.19. The van der Waals surface area contributed by atoms with Gasteiger partial charge in [0, 0.05) is 6.16 Å². The first-order chi connectivity index (χ1) is 16.1. The molecule has 0 spiro atoms. The molecule has 3 heteroatoms. The first-order valence-corrected chi connectivity index (χ1v) is 19.3. The summed E-state index contributed by atoms with van der Waals surface area (Å²) in [6.45, 7) is 26.8. The molecular formula is C32H46P2Si. The molecule has 0 heterocycles. The molecular weight excluding hydrogens is 474 g/mol. The Hall–Kier alpha value is -1.26. The molecule has 0 aliphatic heterocycles. The van der Waals surface area contributed by atoms with Crippen LogP contribution in [0.4, 0.5) is 0 Å². The highest BCUT2D eigenvalue weighted by molar-refractivity contribution is 7.72. The summed E-state index contributed by atoms with van der Waals surface area (Å²) in [5, 5.41) is 6.77. The number of rotatable bonds is 6. The molecule has 0 fully saturated rings. The molecule has 188 valence electrons. The Morgan fingerprint density at radius 2 is 1.09 bits per heavy atom. The van der Waals surface area contributed by atoms with Crippen molar-refractivity contribution in [1.29, 1.82) is 0 Å². The topological polar surface area (TPSA) is 0 Å². The summed E-state index contributed by atoms with van der Waals surface area (Å²) in [6.07, 6.45) is 1.11. The summed E-state index contributed by atoms with van der Waals surface area (Å²) in [5.74, 6) is 0. The average molecular weight is 521 g/mol. The smallest absolute Gasteiger partial charge is 0.0656 e.